The number of carbonyl (C=O) groups is 3. The minimum atomic E-state index is -1.56. The summed E-state index contributed by atoms with van der Waals surface area (Å²) in [6.45, 7) is 0. The smallest absolute Gasteiger partial charge is 0.543 e. The Balaban J connectivity index is 0.00000370. The number of nitrogen functional groups attached to an aromatic ring is 1. The molecule has 0 aliphatic carbocycles. The number of hydrogen-bond acceptors (Lipinski definition) is 15. The van der Waals surface area contributed by atoms with Gasteiger partial charge in [0, 0.05) is 39.1 Å². The zero-order valence-electron chi connectivity index (χ0n) is 20.3. The van der Waals surface area contributed by atoms with Crippen molar-refractivity contribution in [1.82, 2.24) is 15.2 Å². The van der Waals surface area contributed by atoms with E-state index in [1.165, 1.54) is 58.4 Å². The Labute approximate surface area is 263 Å². The number of aromatic hydroxyl groups is 2. The number of aliphatic carboxylic acids is 1. The number of amides is 2. The maximum atomic E-state index is 12.9. The molecule has 1 saturated heterocycles. The first-order valence-corrected chi connectivity index (χ1v) is 14.6. The van der Waals surface area contributed by atoms with Gasteiger partial charge in [-0.25, -0.2) is 4.98 Å². The van der Waals surface area contributed by atoms with Gasteiger partial charge in [-0.05, 0) is 11.6 Å². The van der Waals surface area contributed by atoms with Gasteiger partial charge in [0.1, 0.15) is 17.1 Å². The van der Waals surface area contributed by atoms with Crippen molar-refractivity contribution >= 4 is 84.9 Å². The second-order valence-electron chi connectivity index (χ2n) is 8.18. The van der Waals surface area contributed by atoms with Gasteiger partial charge in [0.05, 0.1) is 15.9 Å². The third kappa shape index (κ3) is 5.54. The van der Waals surface area contributed by atoms with Crippen molar-refractivity contribution in [3.05, 3.63) is 50.8 Å². The van der Waals surface area contributed by atoms with E-state index in [0.717, 1.165) is 16.2 Å². The van der Waals surface area contributed by atoms with E-state index < -0.39 is 40.7 Å². The fourth-order valence-electron chi connectivity index (χ4n) is 3.99. The number of thioether (sulfide) groups is 2. The SMILES string of the molecule is Nc1nc(/C(=N/O)C(=O)N[C@@H]2C(=O)N3C(C(=O)[O-])=C(CSc4cc(=O)c5cc(O)c(O)cc5s4)CS[C@@H]23)cs1.[Na+]. The largest absolute Gasteiger partial charge is 1.00 e. The number of anilines is 1. The molecule has 18 heteroatoms. The number of aromatic nitrogens is 1. The summed E-state index contributed by atoms with van der Waals surface area (Å²) in [5, 5.41) is 47.2. The summed E-state index contributed by atoms with van der Waals surface area (Å²) in [7, 11) is 0. The molecule has 0 saturated carbocycles. The average molecular weight is 630 g/mol. The summed E-state index contributed by atoms with van der Waals surface area (Å²) in [6.07, 6.45) is 0. The van der Waals surface area contributed by atoms with Crippen molar-refractivity contribution < 1.29 is 64.5 Å². The molecule has 0 spiro atoms. The van der Waals surface area contributed by atoms with E-state index in [1.807, 2.05) is 0 Å². The first-order valence-electron chi connectivity index (χ1n) is 10.8. The Morgan fingerprint density at radius 1 is 1.25 bits per heavy atom. The van der Waals surface area contributed by atoms with Gasteiger partial charge in [0.15, 0.2) is 27.8 Å². The molecule has 1 aromatic carbocycles. The molecular formula is C22H16N5NaO8S4. The number of thiazole rings is 1. The Bertz CT molecular complexity index is 1670. The first-order chi connectivity index (χ1) is 18.6. The number of phenols is 2. The molecule has 2 aliphatic rings. The molecule has 0 bridgehead atoms. The third-order valence-electron chi connectivity index (χ3n) is 5.80. The van der Waals surface area contributed by atoms with Crippen molar-refractivity contribution in [1.29, 1.82) is 0 Å². The van der Waals surface area contributed by atoms with Crippen molar-refractivity contribution in [3.8, 4) is 11.5 Å². The molecule has 0 radical (unpaired) electrons. The van der Waals surface area contributed by atoms with Crippen LogP contribution in [0.4, 0.5) is 5.13 Å². The second-order valence-corrected chi connectivity index (χ2v) is 12.5. The van der Waals surface area contributed by atoms with Crippen LogP contribution in [0.2, 0.25) is 0 Å². The number of rotatable bonds is 7. The molecule has 6 N–H and O–H groups in total. The van der Waals surface area contributed by atoms with Crippen LogP contribution >= 0.6 is 46.2 Å². The summed E-state index contributed by atoms with van der Waals surface area (Å²) in [4.78, 5) is 55.0. The predicted molar refractivity (Wildman–Crippen MR) is 144 cm³/mol. The summed E-state index contributed by atoms with van der Waals surface area (Å²) < 4.78 is 0.976. The number of nitrogens with two attached hydrogens (primary N) is 1. The van der Waals surface area contributed by atoms with Crippen LogP contribution in [-0.2, 0) is 14.4 Å². The molecule has 40 heavy (non-hydrogen) atoms. The molecule has 0 unspecified atom stereocenters. The minimum Gasteiger partial charge on any atom is -0.543 e. The van der Waals surface area contributed by atoms with Gasteiger partial charge in [-0.2, -0.15) is 0 Å². The minimum absolute atomic E-state index is 0. The summed E-state index contributed by atoms with van der Waals surface area (Å²) in [5.74, 6) is -3.57. The molecule has 4 heterocycles. The summed E-state index contributed by atoms with van der Waals surface area (Å²) in [5.41, 5.74) is 4.84. The number of carboxylic acids is 1. The maximum Gasteiger partial charge on any atom is 1.00 e. The molecule has 2 aromatic heterocycles. The van der Waals surface area contributed by atoms with Crippen LogP contribution in [0.15, 0.2) is 49.0 Å². The van der Waals surface area contributed by atoms with Crippen LogP contribution in [0.5, 0.6) is 11.5 Å². The molecule has 2 aliphatic heterocycles. The van der Waals surface area contributed by atoms with Crippen LogP contribution in [0.3, 0.4) is 0 Å². The number of carbonyl (C=O) groups excluding carboxylic acids is 3. The molecule has 13 nitrogen and oxygen atoms in total. The Hall–Kier alpha value is -2.80. The molecule has 5 rings (SSSR count). The number of nitrogens with one attached hydrogen (secondary N) is 1. The number of benzene rings is 1. The first kappa shape index (κ1) is 30.2. The second kappa shape index (κ2) is 12.0. The van der Waals surface area contributed by atoms with Crippen molar-refractivity contribution in [3.63, 3.8) is 0 Å². The molecular weight excluding hydrogens is 614 g/mol. The van der Waals surface area contributed by atoms with E-state index in [0.29, 0.717) is 14.5 Å². The zero-order valence-corrected chi connectivity index (χ0v) is 25.6. The fourth-order valence-corrected chi connectivity index (χ4v) is 8.26. The summed E-state index contributed by atoms with van der Waals surface area (Å²) in [6, 6.07) is 2.73. The van der Waals surface area contributed by atoms with E-state index in [-0.39, 0.29) is 74.2 Å². The van der Waals surface area contributed by atoms with Crippen LogP contribution in [-0.4, -0.2) is 71.7 Å². The van der Waals surface area contributed by atoms with E-state index in [9.17, 15) is 39.7 Å². The molecule has 3 aromatic rings. The third-order valence-corrected chi connectivity index (χ3v) is 10.2. The van der Waals surface area contributed by atoms with Gasteiger partial charge < -0.3 is 36.4 Å². The standard InChI is InChI=1S/C22H17N5O8S4.Na/c23-22-24-9(6-38-22)15(26-35)18(31)25-16-19(32)27-17(21(33)34)7(5-37-20(16)27)4-36-14-3-10(28)8-1-11(29)12(30)2-13(8)39-14;/h1-3,6,16,20,29-30,35H,4-5H2,(H2,23,24)(H,25,31)(H,33,34);/q;+1/p-1/b26-15-;/t16-,20+;/m1./s1. The van der Waals surface area contributed by atoms with Gasteiger partial charge in [-0.15, -0.1) is 46.2 Å². The van der Waals surface area contributed by atoms with E-state index in [2.05, 4.69) is 15.5 Å². The van der Waals surface area contributed by atoms with Gasteiger partial charge in [-0.1, -0.05) is 5.16 Å². The Morgan fingerprint density at radius 3 is 2.62 bits per heavy atom. The number of β-lactam (4-membered cyclic amide) rings is 1. The number of carboxylic acid groups (broad SMARTS) is 1. The van der Waals surface area contributed by atoms with Gasteiger partial charge in [0.2, 0.25) is 0 Å². The van der Waals surface area contributed by atoms with E-state index in [4.69, 9.17) is 5.73 Å². The average Bonchev–Trinajstić information content (AvgIpc) is 3.32. The molecule has 2 amide bonds. The van der Waals surface area contributed by atoms with E-state index in [1.54, 1.807) is 0 Å². The molecule has 2 atom stereocenters. The Morgan fingerprint density at radius 2 is 1.98 bits per heavy atom. The van der Waals surface area contributed by atoms with Gasteiger partial charge in [-0.3, -0.25) is 19.3 Å². The number of phenolic OH excluding ortho intramolecular Hbond substituents is 2. The maximum absolute atomic E-state index is 12.9. The number of oxime groups is 1. The van der Waals surface area contributed by atoms with Gasteiger partial charge >= 0.3 is 29.6 Å². The normalized spacial score (nSPS) is 18.6. The number of nitrogens with zero attached hydrogens (tertiary/aromatic N) is 3. The quantitative estimate of drug-likeness (QED) is 0.0338. The van der Waals surface area contributed by atoms with Gasteiger partial charge in [0.25, 0.3) is 11.8 Å². The monoisotopic (exact) mass is 629 g/mol. The van der Waals surface area contributed by atoms with Crippen LogP contribution in [0, 0.1) is 0 Å². The topological polar surface area (TPSA) is 219 Å². The fraction of sp³-hybridized carbons (Fsp3) is 0.182. The molecule has 202 valence electrons. The van der Waals surface area contributed by atoms with Crippen molar-refractivity contribution in [2.75, 3.05) is 17.2 Å². The number of hydrogen-bond donors (Lipinski definition) is 5. The van der Waals surface area contributed by atoms with Crippen LogP contribution in [0.1, 0.15) is 5.69 Å². The zero-order chi connectivity index (χ0) is 28.0. The van der Waals surface area contributed by atoms with Crippen molar-refractivity contribution in [2.24, 2.45) is 5.16 Å². The predicted octanol–water partition coefficient (Wildman–Crippen LogP) is -2.91. The van der Waals surface area contributed by atoms with Crippen LogP contribution in [0.25, 0.3) is 10.1 Å². The molecule has 1 fully saturated rings. The van der Waals surface area contributed by atoms with E-state index >= 15 is 0 Å². The summed E-state index contributed by atoms with van der Waals surface area (Å²) >= 11 is 4.62. The number of fused-ring (bicyclic) bond motifs is 2. The van der Waals surface area contributed by atoms with Crippen LogP contribution < -0.4 is 51.1 Å². The Kier molecular flexibility index (Phi) is 9.03. The van der Waals surface area contributed by atoms with Crippen molar-refractivity contribution in [2.45, 2.75) is 15.6 Å².